The average molecular weight is 314 g/mol. The number of nitrogens with zero attached hydrogens (tertiary/aromatic N) is 1. The summed E-state index contributed by atoms with van der Waals surface area (Å²) in [6, 6.07) is 15.1. The molecule has 2 aromatic rings. The Morgan fingerprint density at radius 3 is 2.36 bits per heavy atom. The first-order valence-corrected chi connectivity index (χ1v) is 8.22. The van der Waals surface area contributed by atoms with Gasteiger partial charge in [0, 0.05) is 22.7 Å². The summed E-state index contributed by atoms with van der Waals surface area (Å²) in [5.41, 5.74) is 2.62. The number of halogens is 1. The average Bonchev–Trinajstić information content (AvgIpc) is 2.56. The predicted molar refractivity (Wildman–Crippen MR) is 90.5 cm³/mol. The molecule has 22 heavy (non-hydrogen) atoms. The Bertz CT molecular complexity index is 645. The molecule has 3 heteroatoms. The number of carbonyl (C=O) groups excluding carboxylic acids is 1. The van der Waals surface area contributed by atoms with Gasteiger partial charge < -0.3 is 0 Å². The lowest BCUT2D eigenvalue weighted by Gasteiger charge is -2.26. The van der Waals surface area contributed by atoms with E-state index in [1.54, 1.807) is 24.3 Å². The van der Waals surface area contributed by atoms with Crippen molar-refractivity contribution < 1.29 is 4.79 Å². The number of hydrogen-bond acceptors (Lipinski definition) is 2. The topological polar surface area (TPSA) is 20.3 Å². The van der Waals surface area contributed by atoms with Gasteiger partial charge in [-0.05, 0) is 43.6 Å². The van der Waals surface area contributed by atoms with E-state index in [0.29, 0.717) is 16.1 Å². The smallest absolute Gasteiger partial charge is 0.193 e. The van der Waals surface area contributed by atoms with Crippen molar-refractivity contribution in [2.45, 2.75) is 25.8 Å². The third kappa shape index (κ3) is 3.76. The molecule has 0 N–H and O–H groups in total. The molecule has 0 aliphatic carbocycles. The molecule has 2 nitrogen and oxygen atoms in total. The molecule has 1 heterocycles. The van der Waals surface area contributed by atoms with E-state index in [4.69, 9.17) is 11.6 Å². The first kappa shape index (κ1) is 15.3. The van der Waals surface area contributed by atoms with E-state index in [-0.39, 0.29) is 5.78 Å². The van der Waals surface area contributed by atoms with Crippen LogP contribution in [0.5, 0.6) is 0 Å². The Labute approximate surface area is 136 Å². The Morgan fingerprint density at radius 1 is 0.955 bits per heavy atom. The lowest BCUT2D eigenvalue weighted by Crippen LogP contribution is -2.29. The maximum Gasteiger partial charge on any atom is 0.193 e. The van der Waals surface area contributed by atoms with Crippen LogP contribution in [-0.2, 0) is 6.54 Å². The Balaban J connectivity index is 1.69. The zero-order chi connectivity index (χ0) is 15.4. The number of rotatable bonds is 4. The molecule has 1 saturated heterocycles. The zero-order valence-electron chi connectivity index (χ0n) is 12.6. The molecule has 3 rings (SSSR count). The van der Waals surface area contributed by atoms with E-state index in [9.17, 15) is 4.79 Å². The van der Waals surface area contributed by atoms with Gasteiger partial charge in [0.1, 0.15) is 0 Å². The number of ketones is 1. The summed E-state index contributed by atoms with van der Waals surface area (Å²) in [7, 11) is 0. The van der Waals surface area contributed by atoms with Crippen LogP contribution in [0.3, 0.4) is 0 Å². The molecule has 1 aliphatic heterocycles. The fraction of sp³-hybridized carbons (Fsp3) is 0.316. The van der Waals surface area contributed by atoms with Crippen molar-refractivity contribution in [1.82, 2.24) is 4.90 Å². The summed E-state index contributed by atoms with van der Waals surface area (Å²) in [5, 5.41) is 0.590. The van der Waals surface area contributed by atoms with Gasteiger partial charge in [-0.1, -0.05) is 54.4 Å². The van der Waals surface area contributed by atoms with Crippen molar-refractivity contribution in [1.29, 1.82) is 0 Å². The van der Waals surface area contributed by atoms with Gasteiger partial charge in [0.25, 0.3) is 0 Å². The van der Waals surface area contributed by atoms with Crippen LogP contribution in [-0.4, -0.2) is 23.8 Å². The second-order valence-corrected chi connectivity index (χ2v) is 6.31. The van der Waals surface area contributed by atoms with Crippen molar-refractivity contribution in [2.24, 2.45) is 0 Å². The Morgan fingerprint density at radius 2 is 1.68 bits per heavy atom. The quantitative estimate of drug-likeness (QED) is 0.771. The van der Waals surface area contributed by atoms with Crippen LogP contribution in [0, 0.1) is 0 Å². The molecule has 114 valence electrons. The van der Waals surface area contributed by atoms with E-state index in [0.717, 1.165) is 6.54 Å². The van der Waals surface area contributed by atoms with Crippen LogP contribution in [0.4, 0.5) is 0 Å². The maximum atomic E-state index is 12.4. The molecule has 1 aliphatic rings. The summed E-state index contributed by atoms with van der Waals surface area (Å²) in [6.45, 7) is 3.35. The molecule has 0 aromatic heterocycles. The lowest BCUT2D eigenvalue weighted by molar-refractivity contribution is 0.103. The summed E-state index contributed by atoms with van der Waals surface area (Å²) in [6.07, 6.45) is 3.94. The van der Waals surface area contributed by atoms with Gasteiger partial charge in [0.2, 0.25) is 0 Å². The molecule has 0 unspecified atom stereocenters. The molecule has 1 fully saturated rings. The van der Waals surface area contributed by atoms with Gasteiger partial charge in [0.05, 0.1) is 0 Å². The van der Waals surface area contributed by atoms with Gasteiger partial charge in [-0.3, -0.25) is 9.69 Å². The molecular formula is C19H20ClNO. The summed E-state index contributed by atoms with van der Waals surface area (Å²) in [5.74, 6) is 0.0204. The lowest BCUT2D eigenvalue weighted by atomic mass is 10.0. The summed E-state index contributed by atoms with van der Waals surface area (Å²) < 4.78 is 0. The first-order chi connectivity index (χ1) is 10.7. The highest BCUT2D eigenvalue weighted by Gasteiger charge is 2.12. The van der Waals surface area contributed by atoms with Crippen molar-refractivity contribution in [3.63, 3.8) is 0 Å². The van der Waals surface area contributed by atoms with Gasteiger partial charge in [-0.2, -0.15) is 0 Å². The molecular weight excluding hydrogens is 294 g/mol. The second-order valence-electron chi connectivity index (χ2n) is 5.87. The molecule has 0 radical (unpaired) electrons. The molecule has 0 saturated carbocycles. The number of carbonyl (C=O) groups is 1. The highest BCUT2D eigenvalue weighted by molar-refractivity contribution is 6.31. The summed E-state index contributed by atoms with van der Waals surface area (Å²) >= 11 is 5.95. The van der Waals surface area contributed by atoms with Gasteiger partial charge in [-0.15, -0.1) is 0 Å². The van der Waals surface area contributed by atoms with Crippen LogP contribution in [0.25, 0.3) is 0 Å². The van der Waals surface area contributed by atoms with Crippen LogP contribution in [0.15, 0.2) is 48.5 Å². The van der Waals surface area contributed by atoms with E-state index in [1.165, 1.54) is 37.9 Å². The molecule has 0 atom stereocenters. The number of piperidine rings is 1. The van der Waals surface area contributed by atoms with Crippen molar-refractivity contribution >= 4 is 17.4 Å². The number of likely N-dealkylation sites (tertiary alicyclic amines) is 1. The number of hydrogen-bond donors (Lipinski definition) is 0. The van der Waals surface area contributed by atoms with Crippen LogP contribution in [0.2, 0.25) is 5.02 Å². The second kappa shape index (κ2) is 7.08. The van der Waals surface area contributed by atoms with Crippen molar-refractivity contribution in [2.75, 3.05) is 13.1 Å². The van der Waals surface area contributed by atoms with Gasteiger partial charge >= 0.3 is 0 Å². The minimum absolute atomic E-state index is 0.0204. The van der Waals surface area contributed by atoms with Crippen LogP contribution >= 0.6 is 11.6 Å². The molecule has 0 bridgehead atoms. The third-order valence-electron chi connectivity index (χ3n) is 4.16. The molecule has 0 spiro atoms. The van der Waals surface area contributed by atoms with E-state index < -0.39 is 0 Å². The van der Waals surface area contributed by atoms with Gasteiger partial charge in [-0.25, -0.2) is 0 Å². The highest BCUT2D eigenvalue weighted by atomic mass is 35.5. The Kier molecular flexibility index (Phi) is 4.91. The predicted octanol–water partition coefficient (Wildman–Crippen LogP) is 4.56. The minimum Gasteiger partial charge on any atom is -0.299 e. The standard InChI is InChI=1S/C19H20ClNO/c20-18-6-4-5-17(13-18)19(22)16-9-7-15(8-10-16)14-21-11-2-1-3-12-21/h4-10,13H,1-3,11-12,14H2. The van der Waals surface area contributed by atoms with E-state index in [1.807, 2.05) is 12.1 Å². The van der Waals surface area contributed by atoms with Gasteiger partial charge in [0.15, 0.2) is 5.78 Å². The van der Waals surface area contributed by atoms with Crippen LogP contribution < -0.4 is 0 Å². The fourth-order valence-corrected chi connectivity index (χ4v) is 3.12. The molecule has 0 amide bonds. The first-order valence-electron chi connectivity index (χ1n) is 7.84. The van der Waals surface area contributed by atoms with Crippen molar-refractivity contribution in [3.8, 4) is 0 Å². The Hall–Kier alpha value is -1.64. The monoisotopic (exact) mass is 313 g/mol. The fourth-order valence-electron chi connectivity index (χ4n) is 2.93. The number of benzene rings is 2. The normalized spacial score (nSPS) is 15.7. The zero-order valence-corrected chi connectivity index (χ0v) is 13.4. The molecule has 2 aromatic carbocycles. The van der Waals surface area contributed by atoms with E-state index in [2.05, 4.69) is 17.0 Å². The van der Waals surface area contributed by atoms with Crippen molar-refractivity contribution in [3.05, 3.63) is 70.2 Å². The summed E-state index contributed by atoms with van der Waals surface area (Å²) in [4.78, 5) is 14.9. The van der Waals surface area contributed by atoms with E-state index >= 15 is 0 Å². The highest BCUT2D eigenvalue weighted by Crippen LogP contribution is 2.17. The van der Waals surface area contributed by atoms with Crippen LogP contribution in [0.1, 0.15) is 40.7 Å². The minimum atomic E-state index is 0.0204. The largest absolute Gasteiger partial charge is 0.299 e. The third-order valence-corrected chi connectivity index (χ3v) is 4.39. The maximum absolute atomic E-state index is 12.4. The SMILES string of the molecule is O=C(c1ccc(CN2CCCCC2)cc1)c1cccc(Cl)c1.